The van der Waals surface area contributed by atoms with Crippen molar-refractivity contribution in [1.29, 1.82) is 0 Å². The summed E-state index contributed by atoms with van der Waals surface area (Å²) in [6, 6.07) is 6.05. The molecule has 1 aromatic rings. The van der Waals surface area contributed by atoms with Crippen molar-refractivity contribution < 1.29 is 9.84 Å². The maximum Gasteiger partial charge on any atom is 0.102 e. The summed E-state index contributed by atoms with van der Waals surface area (Å²) in [5.74, 6) is 0. The Morgan fingerprint density at radius 1 is 1.17 bits per heavy atom. The van der Waals surface area contributed by atoms with E-state index < -0.39 is 6.10 Å². The fourth-order valence-corrected chi connectivity index (χ4v) is 1.64. The van der Waals surface area contributed by atoms with Gasteiger partial charge in [-0.1, -0.05) is 39.0 Å². The van der Waals surface area contributed by atoms with Crippen LogP contribution < -0.4 is 0 Å². The van der Waals surface area contributed by atoms with Crippen molar-refractivity contribution in [2.75, 3.05) is 13.2 Å². The van der Waals surface area contributed by atoms with Crippen molar-refractivity contribution in [2.24, 2.45) is 5.41 Å². The topological polar surface area (TPSA) is 29.5 Å². The Hall–Kier alpha value is -0.860. The van der Waals surface area contributed by atoms with E-state index >= 15 is 0 Å². The number of benzene rings is 1. The molecule has 0 aliphatic heterocycles. The highest BCUT2D eigenvalue weighted by atomic mass is 16.5. The van der Waals surface area contributed by atoms with Gasteiger partial charge in [0.25, 0.3) is 0 Å². The molecule has 0 fully saturated rings. The minimum Gasteiger partial charge on any atom is -0.386 e. The van der Waals surface area contributed by atoms with Gasteiger partial charge in [0.15, 0.2) is 0 Å². The van der Waals surface area contributed by atoms with Gasteiger partial charge >= 0.3 is 0 Å². The van der Waals surface area contributed by atoms with Crippen molar-refractivity contribution in [2.45, 2.75) is 47.1 Å². The number of rotatable bonds is 5. The van der Waals surface area contributed by atoms with E-state index in [1.165, 1.54) is 11.1 Å². The second kappa shape index (κ2) is 6.35. The summed E-state index contributed by atoms with van der Waals surface area (Å²) in [5.41, 5.74) is 3.68. The van der Waals surface area contributed by atoms with E-state index in [1.54, 1.807) is 0 Å². The molecule has 1 atom stereocenters. The Kier molecular flexibility index (Phi) is 5.36. The average molecular weight is 250 g/mol. The van der Waals surface area contributed by atoms with Crippen LogP contribution in [0.3, 0.4) is 0 Å². The predicted molar refractivity (Wildman–Crippen MR) is 75.8 cm³/mol. The lowest BCUT2D eigenvalue weighted by Gasteiger charge is -2.19. The first-order chi connectivity index (χ1) is 8.29. The number of hydrogen-bond acceptors (Lipinski definition) is 2. The Bertz CT molecular complexity index is 377. The molecule has 0 aliphatic rings. The molecule has 1 unspecified atom stereocenters. The van der Waals surface area contributed by atoms with Crippen molar-refractivity contribution >= 4 is 0 Å². The maximum atomic E-state index is 10.0. The number of aryl methyl sites for hydroxylation is 2. The predicted octanol–water partition coefficient (Wildman–Crippen LogP) is 3.79. The number of aliphatic hydroxyl groups excluding tert-OH is 1. The minimum absolute atomic E-state index is 0.283. The largest absolute Gasteiger partial charge is 0.386 e. The lowest BCUT2D eigenvalue weighted by molar-refractivity contribution is 0.0263. The molecule has 2 nitrogen and oxygen atoms in total. The molecule has 18 heavy (non-hydrogen) atoms. The molecule has 1 N–H and O–H groups in total. The number of hydrogen-bond donors (Lipinski definition) is 1. The first kappa shape index (κ1) is 15.2. The van der Waals surface area contributed by atoms with Crippen LogP contribution in [0.2, 0.25) is 0 Å². The third-order valence-corrected chi connectivity index (χ3v) is 3.19. The van der Waals surface area contributed by atoms with Crippen LogP contribution in [0.4, 0.5) is 0 Å². The van der Waals surface area contributed by atoms with Crippen molar-refractivity contribution in [1.82, 2.24) is 0 Å². The Balaban J connectivity index is 2.41. The van der Waals surface area contributed by atoms with Crippen LogP contribution in [-0.2, 0) is 4.74 Å². The van der Waals surface area contributed by atoms with Gasteiger partial charge in [-0.2, -0.15) is 0 Å². The zero-order chi connectivity index (χ0) is 13.8. The highest BCUT2D eigenvalue weighted by Gasteiger charge is 2.12. The van der Waals surface area contributed by atoms with Gasteiger partial charge in [-0.05, 0) is 42.4 Å². The summed E-state index contributed by atoms with van der Waals surface area (Å²) in [6.07, 6.45) is 0.483. The lowest BCUT2D eigenvalue weighted by atomic mass is 9.93. The molecule has 1 aromatic carbocycles. The van der Waals surface area contributed by atoms with Gasteiger partial charge in [0.05, 0.1) is 6.61 Å². The zero-order valence-corrected chi connectivity index (χ0v) is 12.3. The van der Waals surface area contributed by atoms with Crippen LogP contribution in [0.15, 0.2) is 18.2 Å². The molecule has 1 rings (SSSR count). The van der Waals surface area contributed by atoms with E-state index in [9.17, 15) is 5.11 Å². The van der Waals surface area contributed by atoms with Gasteiger partial charge in [0.2, 0.25) is 0 Å². The molecule has 0 saturated heterocycles. The van der Waals surface area contributed by atoms with Gasteiger partial charge in [0.1, 0.15) is 6.10 Å². The van der Waals surface area contributed by atoms with Gasteiger partial charge in [-0.3, -0.25) is 0 Å². The van der Waals surface area contributed by atoms with E-state index in [0.29, 0.717) is 13.2 Å². The summed E-state index contributed by atoms with van der Waals surface area (Å²) in [5, 5.41) is 10.0. The Morgan fingerprint density at radius 3 is 2.39 bits per heavy atom. The second-order valence-electron chi connectivity index (χ2n) is 6.25. The standard InChI is InChI=1S/C16H26O2/c1-12-6-7-14(10-13(12)2)15(17)11-18-9-8-16(3,4)5/h6-7,10,15,17H,8-9,11H2,1-5H3. The molecule has 0 heterocycles. The fraction of sp³-hybridized carbons (Fsp3) is 0.625. The molecule has 0 aliphatic carbocycles. The number of ether oxygens (including phenoxy) is 1. The summed E-state index contributed by atoms with van der Waals surface area (Å²) in [6.45, 7) is 11.8. The third-order valence-electron chi connectivity index (χ3n) is 3.19. The van der Waals surface area contributed by atoms with Gasteiger partial charge in [-0.15, -0.1) is 0 Å². The monoisotopic (exact) mass is 250 g/mol. The average Bonchev–Trinajstić information content (AvgIpc) is 2.26. The fourth-order valence-electron chi connectivity index (χ4n) is 1.64. The molecular weight excluding hydrogens is 224 g/mol. The van der Waals surface area contributed by atoms with Crippen molar-refractivity contribution in [3.05, 3.63) is 34.9 Å². The molecule has 0 aromatic heterocycles. The lowest BCUT2D eigenvalue weighted by Crippen LogP contribution is -2.13. The van der Waals surface area contributed by atoms with Crippen molar-refractivity contribution in [3.8, 4) is 0 Å². The van der Waals surface area contributed by atoms with Gasteiger partial charge in [0, 0.05) is 6.61 Å². The van der Waals surface area contributed by atoms with Crippen LogP contribution in [0.5, 0.6) is 0 Å². The summed E-state index contributed by atoms with van der Waals surface area (Å²) >= 11 is 0. The van der Waals surface area contributed by atoms with Crippen LogP contribution in [0.1, 0.15) is 50.0 Å². The normalized spacial score (nSPS) is 13.7. The Labute approximate surface area is 111 Å². The SMILES string of the molecule is Cc1ccc(C(O)COCCC(C)(C)C)cc1C. The first-order valence-corrected chi connectivity index (χ1v) is 6.62. The summed E-state index contributed by atoms with van der Waals surface area (Å²) < 4.78 is 5.55. The molecule has 2 heteroatoms. The molecule has 0 saturated carbocycles. The zero-order valence-electron chi connectivity index (χ0n) is 12.3. The highest BCUT2D eigenvalue weighted by Crippen LogP contribution is 2.20. The molecule has 0 radical (unpaired) electrons. The van der Waals surface area contributed by atoms with Crippen LogP contribution in [0.25, 0.3) is 0 Å². The molecular formula is C16H26O2. The molecule has 0 bridgehead atoms. The third kappa shape index (κ3) is 5.19. The first-order valence-electron chi connectivity index (χ1n) is 6.62. The van der Waals surface area contributed by atoms with Crippen LogP contribution >= 0.6 is 0 Å². The van der Waals surface area contributed by atoms with E-state index in [2.05, 4.69) is 34.6 Å². The molecule has 102 valence electrons. The van der Waals surface area contributed by atoms with E-state index in [0.717, 1.165) is 12.0 Å². The summed E-state index contributed by atoms with van der Waals surface area (Å²) in [4.78, 5) is 0. The number of aliphatic hydroxyl groups is 1. The second-order valence-corrected chi connectivity index (χ2v) is 6.25. The van der Waals surface area contributed by atoms with Crippen LogP contribution in [0, 0.1) is 19.3 Å². The summed E-state index contributed by atoms with van der Waals surface area (Å²) in [7, 11) is 0. The van der Waals surface area contributed by atoms with Gasteiger partial charge < -0.3 is 9.84 Å². The minimum atomic E-state index is -0.524. The smallest absolute Gasteiger partial charge is 0.102 e. The maximum absolute atomic E-state index is 10.0. The molecule has 0 amide bonds. The van der Waals surface area contributed by atoms with E-state index in [4.69, 9.17) is 4.74 Å². The quantitative estimate of drug-likeness (QED) is 0.806. The van der Waals surface area contributed by atoms with Gasteiger partial charge in [-0.25, -0.2) is 0 Å². The van der Waals surface area contributed by atoms with E-state index in [-0.39, 0.29) is 5.41 Å². The van der Waals surface area contributed by atoms with Crippen LogP contribution in [-0.4, -0.2) is 18.3 Å². The van der Waals surface area contributed by atoms with Crippen molar-refractivity contribution in [3.63, 3.8) is 0 Å². The highest BCUT2D eigenvalue weighted by molar-refractivity contribution is 5.31. The Morgan fingerprint density at radius 2 is 1.83 bits per heavy atom. The van der Waals surface area contributed by atoms with E-state index in [1.807, 2.05) is 18.2 Å². The molecule has 0 spiro atoms.